The quantitative estimate of drug-likeness (QED) is 0.725. The minimum Gasteiger partial charge on any atom is -0.352 e. The van der Waals surface area contributed by atoms with Crippen LogP contribution in [-0.4, -0.2) is 66.4 Å². The van der Waals surface area contributed by atoms with Crippen molar-refractivity contribution in [3.63, 3.8) is 0 Å². The van der Waals surface area contributed by atoms with Gasteiger partial charge in [0.1, 0.15) is 0 Å². The maximum absolute atomic E-state index is 12.9. The van der Waals surface area contributed by atoms with Crippen molar-refractivity contribution < 1.29 is 22.8 Å². The molecule has 0 radical (unpaired) electrons. The number of anilines is 1. The molecule has 29 heavy (non-hydrogen) atoms. The zero-order chi connectivity index (χ0) is 21.2. The zero-order valence-corrected chi connectivity index (χ0v) is 16.8. The molecule has 1 aromatic carbocycles. The van der Waals surface area contributed by atoms with E-state index >= 15 is 0 Å². The molecular weight excluding hydrogens is 409 g/mol. The Morgan fingerprint density at radius 1 is 1.21 bits per heavy atom. The molecule has 1 unspecified atom stereocenters. The summed E-state index contributed by atoms with van der Waals surface area (Å²) in [7, 11) is 0. The molecule has 0 bridgehead atoms. The van der Waals surface area contributed by atoms with Crippen LogP contribution in [0.25, 0.3) is 0 Å². The van der Waals surface area contributed by atoms with Crippen molar-refractivity contribution in [3.8, 4) is 0 Å². The molecule has 1 aliphatic heterocycles. The maximum atomic E-state index is 12.9. The molecule has 0 aromatic heterocycles. The fourth-order valence-electron chi connectivity index (χ4n) is 3.25. The van der Waals surface area contributed by atoms with E-state index in [2.05, 4.69) is 15.5 Å². The number of rotatable bonds is 6. The molecule has 2 fully saturated rings. The van der Waals surface area contributed by atoms with E-state index in [9.17, 15) is 22.8 Å². The molecule has 10 heteroatoms. The van der Waals surface area contributed by atoms with Crippen LogP contribution in [0, 0.1) is 0 Å². The Bertz CT molecular complexity index is 762. The second-order valence-electron chi connectivity index (χ2n) is 7.51. The number of halogens is 4. The monoisotopic (exact) mass is 432 g/mol. The Hall–Kier alpha value is -1.84. The molecular formula is C19H24ClF3N4O2. The van der Waals surface area contributed by atoms with Crippen molar-refractivity contribution in [1.82, 2.24) is 15.1 Å². The topological polar surface area (TPSA) is 64.7 Å². The van der Waals surface area contributed by atoms with Gasteiger partial charge < -0.3 is 10.6 Å². The van der Waals surface area contributed by atoms with Crippen LogP contribution >= 0.6 is 11.6 Å². The Morgan fingerprint density at radius 3 is 2.45 bits per heavy atom. The summed E-state index contributed by atoms with van der Waals surface area (Å²) in [6.45, 7) is 4.43. The molecule has 2 aliphatic rings. The largest absolute Gasteiger partial charge is 0.417 e. The molecule has 1 saturated heterocycles. The molecule has 6 nitrogen and oxygen atoms in total. The lowest BCUT2D eigenvalue weighted by molar-refractivity contribution is -0.137. The highest BCUT2D eigenvalue weighted by atomic mass is 35.5. The first-order valence-corrected chi connectivity index (χ1v) is 9.94. The van der Waals surface area contributed by atoms with Gasteiger partial charge in [-0.25, -0.2) is 0 Å². The van der Waals surface area contributed by atoms with Gasteiger partial charge in [0.2, 0.25) is 11.8 Å². The summed E-state index contributed by atoms with van der Waals surface area (Å²) < 4.78 is 38.8. The van der Waals surface area contributed by atoms with Gasteiger partial charge in [0, 0.05) is 37.9 Å². The van der Waals surface area contributed by atoms with E-state index in [0.29, 0.717) is 32.2 Å². The fourth-order valence-corrected chi connectivity index (χ4v) is 3.47. The molecule has 1 atom stereocenters. The van der Waals surface area contributed by atoms with Gasteiger partial charge in [-0.1, -0.05) is 11.6 Å². The van der Waals surface area contributed by atoms with Crippen LogP contribution in [-0.2, 0) is 15.8 Å². The molecule has 1 aliphatic carbocycles. The predicted molar refractivity (Wildman–Crippen MR) is 104 cm³/mol. The number of nitrogens with one attached hydrogen (secondary N) is 2. The summed E-state index contributed by atoms with van der Waals surface area (Å²) in [5.74, 6) is -0.365. The van der Waals surface area contributed by atoms with Crippen LogP contribution in [0.15, 0.2) is 18.2 Å². The van der Waals surface area contributed by atoms with Gasteiger partial charge in [-0.05, 0) is 38.0 Å². The molecule has 3 rings (SSSR count). The second-order valence-corrected chi connectivity index (χ2v) is 7.92. The third kappa shape index (κ3) is 6.07. The highest BCUT2D eigenvalue weighted by Crippen LogP contribution is 2.36. The van der Waals surface area contributed by atoms with Gasteiger partial charge in [-0.3, -0.25) is 19.4 Å². The number of hydrogen-bond donors (Lipinski definition) is 2. The van der Waals surface area contributed by atoms with Gasteiger partial charge >= 0.3 is 6.18 Å². The molecule has 160 valence electrons. The normalized spacial score (nSPS) is 19.6. The zero-order valence-electron chi connectivity index (χ0n) is 16.1. The Kier molecular flexibility index (Phi) is 6.70. The van der Waals surface area contributed by atoms with Gasteiger partial charge in [0.05, 0.1) is 23.2 Å². The van der Waals surface area contributed by atoms with Crippen molar-refractivity contribution in [3.05, 3.63) is 28.8 Å². The van der Waals surface area contributed by atoms with Crippen LogP contribution in [0.4, 0.5) is 18.9 Å². The summed E-state index contributed by atoms with van der Waals surface area (Å²) in [5.41, 5.74) is -0.931. The van der Waals surface area contributed by atoms with Crippen LogP contribution in [0.5, 0.6) is 0 Å². The van der Waals surface area contributed by atoms with Crippen LogP contribution in [0.3, 0.4) is 0 Å². The number of nitrogens with zero attached hydrogens (tertiary/aromatic N) is 2. The average Bonchev–Trinajstić information content (AvgIpc) is 3.46. The van der Waals surface area contributed by atoms with E-state index in [1.165, 1.54) is 6.07 Å². The second kappa shape index (κ2) is 8.89. The first kappa shape index (κ1) is 21.9. The van der Waals surface area contributed by atoms with Gasteiger partial charge in [0.25, 0.3) is 0 Å². The Balaban J connectivity index is 1.47. The summed E-state index contributed by atoms with van der Waals surface area (Å²) >= 11 is 5.59. The van der Waals surface area contributed by atoms with Crippen molar-refractivity contribution in [1.29, 1.82) is 0 Å². The van der Waals surface area contributed by atoms with E-state index in [1.807, 2.05) is 11.8 Å². The number of alkyl halides is 3. The van der Waals surface area contributed by atoms with Gasteiger partial charge in [-0.15, -0.1) is 0 Å². The number of carbonyl (C=O) groups excluding carboxylic acids is 2. The van der Waals surface area contributed by atoms with Crippen molar-refractivity contribution in [2.75, 3.05) is 38.0 Å². The van der Waals surface area contributed by atoms with Crippen LogP contribution < -0.4 is 10.6 Å². The summed E-state index contributed by atoms with van der Waals surface area (Å²) in [5, 5.41) is 5.07. The summed E-state index contributed by atoms with van der Waals surface area (Å²) in [6, 6.07) is 3.39. The average molecular weight is 433 g/mol. The first-order chi connectivity index (χ1) is 13.6. The molecule has 1 heterocycles. The van der Waals surface area contributed by atoms with E-state index in [1.54, 1.807) is 0 Å². The van der Waals surface area contributed by atoms with Crippen molar-refractivity contribution in [2.24, 2.45) is 0 Å². The first-order valence-electron chi connectivity index (χ1n) is 9.57. The minimum absolute atomic E-state index is 0.0295. The maximum Gasteiger partial charge on any atom is 0.417 e. The molecule has 1 aromatic rings. The third-order valence-electron chi connectivity index (χ3n) is 5.18. The number of amides is 2. The third-order valence-corrected chi connectivity index (χ3v) is 5.51. The lowest BCUT2D eigenvalue weighted by Crippen LogP contribution is -2.55. The molecule has 0 spiro atoms. The number of piperazine rings is 1. The van der Waals surface area contributed by atoms with Crippen LogP contribution in [0.2, 0.25) is 5.02 Å². The van der Waals surface area contributed by atoms with Crippen molar-refractivity contribution in [2.45, 2.75) is 38.0 Å². The lowest BCUT2D eigenvalue weighted by atomic mass is 10.2. The Morgan fingerprint density at radius 2 is 1.86 bits per heavy atom. The van der Waals surface area contributed by atoms with E-state index in [-0.39, 0.29) is 24.2 Å². The lowest BCUT2D eigenvalue weighted by Gasteiger charge is -2.37. The standard InChI is InChI=1S/C19H24ClF3N4O2/c1-12(18(29)25-13-2-3-13)27-8-6-26(7-9-27)11-17(28)24-14-4-5-16(20)15(10-14)19(21,22)23/h4-5,10,12-13H,2-3,6-9,11H2,1H3,(H,24,28)(H,25,29). The number of carbonyl (C=O) groups is 2. The van der Waals surface area contributed by atoms with E-state index < -0.39 is 22.7 Å². The molecule has 1 saturated carbocycles. The van der Waals surface area contributed by atoms with Gasteiger partial charge in [-0.2, -0.15) is 13.2 Å². The fraction of sp³-hybridized carbons (Fsp3) is 0.579. The smallest absolute Gasteiger partial charge is 0.352 e. The van der Waals surface area contributed by atoms with Gasteiger partial charge in [0.15, 0.2) is 0 Å². The number of hydrogen-bond acceptors (Lipinski definition) is 4. The minimum atomic E-state index is -4.59. The van der Waals surface area contributed by atoms with E-state index in [4.69, 9.17) is 11.6 Å². The highest BCUT2D eigenvalue weighted by Gasteiger charge is 2.34. The summed E-state index contributed by atoms with van der Waals surface area (Å²) in [6.07, 6.45) is -2.50. The molecule has 2 N–H and O–H groups in total. The Labute approximate surface area is 172 Å². The predicted octanol–water partition coefficient (Wildman–Crippen LogP) is 2.58. The summed E-state index contributed by atoms with van der Waals surface area (Å²) in [4.78, 5) is 28.4. The van der Waals surface area contributed by atoms with E-state index in [0.717, 1.165) is 25.0 Å². The highest BCUT2D eigenvalue weighted by molar-refractivity contribution is 6.31. The molecule has 2 amide bonds. The SMILES string of the molecule is CC(C(=O)NC1CC1)N1CCN(CC(=O)Nc2ccc(Cl)c(C(F)(F)F)c2)CC1. The van der Waals surface area contributed by atoms with Crippen LogP contribution in [0.1, 0.15) is 25.3 Å². The number of benzene rings is 1. The van der Waals surface area contributed by atoms with Crippen molar-refractivity contribution >= 4 is 29.1 Å².